The number of nitrogens with zero attached hydrogens (tertiary/aromatic N) is 4. The fourth-order valence-electron chi connectivity index (χ4n) is 2.30. The van der Waals surface area contributed by atoms with E-state index in [-0.39, 0.29) is 6.03 Å². The lowest BCUT2D eigenvalue weighted by atomic mass is 10.2. The van der Waals surface area contributed by atoms with Gasteiger partial charge in [-0.15, -0.1) is 0 Å². The van der Waals surface area contributed by atoms with E-state index in [0.717, 1.165) is 41.8 Å². The molecule has 2 rings (SSSR count). The molecule has 0 aromatic carbocycles. The summed E-state index contributed by atoms with van der Waals surface area (Å²) in [7, 11) is 0. The Morgan fingerprint density at radius 2 is 2.11 bits per heavy atom. The Morgan fingerprint density at radius 1 is 1.37 bits per heavy atom. The van der Waals surface area contributed by atoms with E-state index in [4.69, 9.17) is 5.84 Å². The van der Waals surface area contributed by atoms with Gasteiger partial charge in [0.1, 0.15) is 0 Å². The highest BCUT2D eigenvalue weighted by Crippen LogP contribution is 2.24. The number of aromatic nitrogens is 2. The minimum absolute atomic E-state index is 0.111. The summed E-state index contributed by atoms with van der Waals surface area (Å²) in [5.41, 5.74) is 2.08. The van der Waals surface area contributed by atoms with Gasteiger partial charge in [0.25, 0.3) is 0 Å². The Balaban J connectivity index is 2.22. The van der Waals surface area contributed by atoms with Crippen molar-refractivity contribution in [3.8, 4) is 0 Å². The van der Waals surface area contributed by atoms with Crippen LogP contribution in [0.15, 0.2) is 4.47 Å². The molecule has 0 atom stereocenters. The molecule has 6 nitrogen and oxygen atoms in total. The van der Waals surface area contributed by atoms with Gasteiger partial charge in [-0.05, 0) is 35.7 Å². The number of carbonyl (C=O) groups is 1. The number of aryl methyl sites for hydroxylation is 2. The van der Waals surface area contributed by atoms with Crippen LogP contribution in [0.25, 0.3) is 0 Å². The van der Waals surface area contributed by atoms with E-state index >= 15 is 0 Å². The minimum atomic E-state index is -0.111. The molecule has 0 aliphatic carbocycles. The molecule has 19 heavy (non-hydrogen) atoms. The number of rotatable bonds is 4. The largest absolute Gasteiger partial charge is 0.334 e. The second-order valence-corrected chi connectivity index (χ2v) is 5.42. The maximum Gasteiger partial charge on any atom is 0.334 e. The average molecular weight is 330 g/mol. The lowest BCUT2D eigenvalue weighted by Gasteiger charge is -2.32. The van der Waals surface area contributed by atoms with Gasteiger partial charge in [-0.1, -0.05) is 6.92 Å². The van der Waals surface area contributed by atoms with Crippen molar-refractivity contribution in [3.63, 3.8) is 0 Å². The van der Waals surface area contributed by atoms with Crippen LogP contribution in [-0.2, 0) is 19.5 Å². The van der Waals surface area contributed by atoms with Gasteiger partial charge < -0.3 is 4.90 Å². The van der Waals surface area contributed by atoms with Crippen molar-refractivity contribution < 1.29 is 4.79 Å². The number of nitrogens with two attached hydrogens (primary N) is 1. The van der Waals surface area contributed by atoms with Crippen LogP contribution < -0.4 is 5.84 Å². The van der Waals surface area contributed by atoms with Crippen molar-refractivity contribution in [1.82, 2.24) is 19.7 Å². The standard InChI is InChI=1S/C12H20BrN5O/c1-3-9-11(13)10(18(4-2)15-9)8-16-6-5-7-17(14)12(16)19/h3-8,14H2,1-2H3. The maximum atomic E-state index is 12.0. The Morgan fingerprint density at radius 3 is 2.74 bits per heavy atom. The van der Waals surface area contributed by atoms with Crippen LogP contribution in [0.4, 0.5) is 4.79 Å². The molecule has 1 aromatic heterocycles. The number of amides is 2. The fraction of sp³-hybridized carbons (Fsp3) is 0.667. The molecule has 2 N–H and O–H groups in total. The SMILES string of the molecule is CCc1nn(CC)c(CN2CCCN(N)C2=O)c1Br. The number of hydrogen-bond donors (Lipinski definition) is 1. The van der Waals surface area contributed by atoms with Gasteiger partial charge in [-0.25, -0.2) is 10.6 Å². The normalized spacial score (nSPS) is 16.3. The summed E-state index contributed by atoms with van der Waals surface area (Å²) in [5.74, 6) is 5.67. The van der Waals surface area contributed by atoms with Crippen LogP contribution >= 0.6 is 15.9 Å². The molecule has 106 valence electrons. The third kappa shape index (κ3) is 2.76. The van der Waals surface area contributed by atoms with E-state index in [1.165, 1.54) is 5.01 Å². The van der Waals surface area contributed by atoms with Gasteiger partial charge in [0.15, 0.2) is 0 Å². The molecule has 7 heteroatoms. The van der Waals surface area contributed by atoms with Crippen molar-refractivity contribution in [2.24, 2.45) is 5.84 Å². The summed E-state index contributed by atoms with van der Waals surface area (Å²) >= 11 is 3.60. The highest BCUT2D eigenvalue weighted by atomic mass is 79.9. The van der Waals surface area contributed by atoms with Crippen molar-refractivity contribution in [2.45, 2.75) is 39.8 Å². The molecule has 0 radical (unpaired) electrons. The molecule has 1 saturated heterocycles. The molecule has 2 amide bonds. The summed E-state index contributed by atoms with van der Waals surface area (Å²) in [6.45, 7) is 6.84. The molecule has 0 unspecified atom stereocenters. The van der Waals surface area contributed by atoms with Crippen molar-refractivity contribution >= 4 is 22.0 Å². The summed E-state index contributed by atoms with van der Waals surface area (Å²) < 4.78 is 2.96. The summed E-state index contributed by atoms with van der Waals surface area (Å²) in [6, 6.07) is -0.111. The van der Waals surface area contributed by atoms with E-state index < -0.39 is 0 Å². The lowest BCUT2D eigenvalue weighted by molar-refractivity contribution is 0.125. The third-order valence-electron chi connectivity index (χ3n) is 3.38. The van der Waals surface area contributed by atoms with E-state index in [0.29, 0.717) is 13.1 Å². The Kier molecular flexibility index (Phi) is 4.46. The molecule has 1 aromatic rings. The topological polar surface area (TPSA) is 67.4 Å². The van der Waals surface area contributed by atoms with Gasteiger partial charge in [0, 0.05) is 19.6 Å². The highest BCUT2D eigenvalue weighted by Gasteiger charge is 2.26. The number of hydrazine groups is 1. The second-order valence-electron chi connectivity index (χ2n) is 4.63. The molecule has 0 spiro atoms. The van der Waals surface area contributed by atoms with E-state index in [1.807, 2.05) is 4.68 Å². The van der Waals surface area contributed by atoms with Crippen LogP contribution in [0.5, 0.6) is 0 Å². The number of halogens is 1. The quantitative estimate of drug-likeness (QED) is 0.675. The van der Waals surface area contributed by atoms with Crippen molar-refractivity contribution in [1.29, 1.82) is 0 Å². The molecule has 1 aliphatic rings. The van der Waals surface area contributed by atoms with Crippen LogP contribution in [-0.4, -0.2) is 38.8 Å². The van der Waals surface area contributed by atoms with Gasteiger partial charge in [-0.3, -0.25) is 9.69 Å². The lowest BCUT2D eigenvalue weighted by Crippen LogP contribution is -2.52. The summed E-state index contributed by atoms with van der Waals surface area (Å²) in [6.07, 6.45) is 1.78. The zero-order chi connectivity index (χ0) is 14.0. The van der Waals surface area contributed by atoms with Crippen molar-refractivity contribution in [2.75, 3.05) is 13.1 Å². The third-order valence-corrected chi connectivity index (χ3v) is 4.29. The predicted molar refractivity (Wildman–Crippen MR) is 76.3 cm³/mol. The Labute approximate surface area is 121 Å². The van der Waals surface area contributed by atoms with Crippen LogP contribution in [0.1, 0.15) is 31.7 Å². The van der Waals surface area contributed by atoms with Crippen molar-refractivity contribution in [3.05, 3.63) is 15.9 Å². The first-order valence-electron chi connectivity index (χ1n) is 6.63. The van der Waals surface area contributed by atoms with Gasteiger partial charge in [0.2, 0.25) is 0 Å². The summed E-state index contributed by atoms with van der Waals surface area (Å²) in [5, 5.41) is 5.83. The zero-order valence-electron chi connectivity index (χ0n) is 11.4. The molecule has 2 heterocycles. The Hall–Kier alpha value is -1.08. The zero-order valence-corrected chi connectivity index (χ0v) is 13.0. The van der Waals surface area contributed by atoms with E-state index in [9.17, 15) is 4.79 Å². The van der Waals surface area contributed by atoms with Gasteiger partial charge in [0.05, 0.1) is 22.4 Å². The monoisotopic (exact) mass is 329 g/mol. The molecular formula is C12H20BrN5O. The molecular weight excluding hydrogens is 310 g/mol. The first kappa shape index (κ1) is 14.3. The molecule has 1 fully saturated rings. The van der Waals surface area contributed by atoms with Gasteiger partial charge >= 0.3 is 6.03 Å². The fourth-order valence-corrected chi connectivity index (χ4v) is 2.99. The second kappa shape index (κ2) is 5.92. The number of hydrogen-bond acceptors (Lipinski definition) is 3. The summed E-state index contributed by atoms with van der Waals surface area (Å²) in [4.78, 5) is 13.8. The molecule has 0 bridgehead atoms. The molecule has 0 saturated carbocycles. The molecule has 1 aliphatic heterocycles. The predicted octanol–water partition coefficient (Wildman–Crippen LogP) is 1.73. The first-order valence-corrected chi connectivity index (χ1v) is 7.42. The van der Waals surface area contributed by atoms with Crippen LogP contribution in [0.2, 0.25) is 0 Å². The minimum Gasteiger partial charge on any atom is -0.318 e. The number of urea groups is 1. The Bertz CT molecular complexity index is 473. The van der Waals surface area contributed by atoms with Crippen LogP contribution in [0.3, 0.4) is 0 Å². The number of carbonyl (C=O) groups excluding carboxylic acids is 1. The van der Waals surface area contributed by atoms with Crippen LogP contribution in [0, 0.1) is 0 Å². The van der Waals surface area contributed by atoms with Gasteiger partial charge in [-0.2, -0.15) is 5.10 Å². The average Bonchev–Trinajstić information content (AvgIpc) is 2.71. The van der Waals surface area contributed by atoms with E-state index in [2.05, 4.69) is 34.9 Å². The maximum absolute atomic E-state index is 12.0. The first-order chi connectivity index (χ1) is 9.08. The van der Waals surface area contributed by atoms with E-state index in [1.54, 1.807) is 4.90 Å². The smallest absolute Gasteiger partial charge is 0.318 e. The highest BCUT2D eigenvalue weighted by molar-refractivity contribution is 9.10.